The molecule has 234 valence electrons. The van der Waals surface area contributed by atoms with Gasteiger partial charge in [0.15, 0.2) is 29.3 Å². The Hall–Kier alpha value is -3.71. The first-order valence-corrected chi connectivity index (χ1v) is 13.0. The fourth-order valence-corrected chi connectivity index (χ4v) is 4.81. The second-order valence-electron chi connectivity index (χ2n) is 10.3. The van der Waals surface area contributed by atoms with E-state index in [-0.39, 0.29) is 22.3 Å². The lowest BCUT2D eigenvalue weighted by atomic mass is 9.98. The molecule has 0 saturated carbocycles. The number of fused-ring (bicyclic) bond motifs is 1. The highest BCUT2D eigenvalue weighted by molar-refractivity contribution is 5.83. The van der Waals surface area contributed by atoms with Crippen molar-refractivity contribution in [2.45, 2.75) is 68.3 Å². The van der Waals surface area contributed by atoms with Gasteiger partial charge in [0.1, 0.15) is 54.1 Å². The van der Waals surface area contributed by atoms with Crippen molar-refractivity contribution in [2.24, 2.45) is 0 Å². The Labute approximate surface area is 241 Å². The zero-order valence-corrected chi connectivity index (χ0v) is 22.3. The molecule has 16 heteroatoms. The smallest absolute Gasteiger partial charge is 0.235 e. The van der Waals surface area contributed by atoms with Crippen LogP contribution in [0.2, 0.25) is 0 Å². The molecule has 5 rings (SSSR count). The largest absolute Gasteiger partial charge is 0.508 e. The maximum atomic E-state index is 13.5. The van der Waals surface area contributed by atoms with Gasteiger partial charge in [-0.05, 0) is 31.2 Å². The Kier molecular flexibility index (Phi) is 8.41. The van der Waals surface area contributed by atoms with Crippen LogP contribution < -0.4 is 10.2 Å². The van der Waals surface area contributed by atoms with E-state index in [9.17, 15) is 55.9 Å². The summed E-state index contributed by atoms with van der Waals surface area (Å²) in [6, 6.07) is 5.39. The topological polar surface area (TPSA) is 269 Å². The van der Waals surface area contributed by atoms with Crippen molar-refractivity contribution in [3.05, 3.63) is 40.6 Å². The molecule has 4 unspecified atom stereocenters. The van der Waals surface area contributed by atoms with E-state index in [1.807, 2.05) is 0 Å². The number of aliphatic hydroxyl groups is 6. The average Bonchev–Trinajstić information content (AvgIpc) is 2.97. The van der Waals surface area contributed by atoms with Crippen molar-refractivity contribution in [3.8, 4) is 40.1 Å². The number of phenolic OH excluding ortho intramolecular Hbond substituents is 4. The van der Waals surface area contributed by atoms with Crippen LogP contribution >= 0.6 is 0 Å². The zero-order valence-electron chi connectivity index (χ0n) is 22.3. The van der Waals surface area contributed by atoms with Gasteiger partial charge in [-0.2, -0.15) is 0 Å². The Morgan fingerprint density at radius 2 is 1.40 bits per heavy atom. The second kappa shape index (κ2) is 11.8. The van der Waals surface area contributed by atoms with Gasteiger partial charge < -0.3 is 74.4 Å². The standard InChI is InChI=1S/C27H30O16/c1-8-16(31)20(35)22(37)26(40-8)39-7-15-19(34)21(36)23(38)27(42-15)43-25-17(32)11-3-2-10(28)6-14(11)41-24(25)9-4-12(29)18(33)13(30)5-9/h2-6,8,15-16,19-23,26-31,33-38H,7H2,1H3/t8?,15?,16-,19+,20?,21-,22-,23?,26+,27-/m0/s1. The van der Waals surface area contributed by atoms with Crippen molar-refractivity contribution >= 4 is 11.0 Å². The third-order valence-electron chi connectivity index (χ3n) is 7.30. The lowest BCUT2D eigenvalue weighted by molar-refractivity contribution is -0.318. The minimum atomic E-state index is -1.95. The van der Waals surface area contributed by atoms with Crippen LogP contribution in [0.3, 0.4) is 0 Å². The molecule has 0 radical (unpaired) electrons. The number of aromatic hydroxyl groups is 4. The molecule has 3 aromatic rings. The summed E-state index contributed by atoms with van der Waals surface area (Å²) in [5.74, 6) is -3.79. The summed E-state index contributed by atoms with van der Waals surface area (Å²) < 4.78 is 27.9. The maximum absolute atomic E-state index is 13.5. The van der Waals surface area contributed by atoms with Gasteiger partial charge in [0, 0.05) is 11.6 Å². The number of hydrogen-bond acceptors (Lipinski definition) is 16. The first kappa shape index (κ1) is 30.7. The van der Waals surface area contributed by atoms with Crippen LogP contribution in [0.1, 0.15) is 6.92 Å². The first-order chi connectivity index (χ1) is 20.3. The number of benzene rings is 2. The van der Waals surface area contributed by atoms with Crippen molar-refractivity contribution in [2.75, 3.05) is 6.61 Å². The molecule has 10 N–H and O–H groups in total. The van der Waals surface area contributed by atoms with Gasteiger partial charge in [0.2, 0.25) is 17.5 Å². The third-order valence-corrected chi connectivity index (χ3v) is 7.30. The van der Waals surface area contributed by atoms with E-state index in [0.29, 0.717) is 0 Å². The highest BCUT2D eigenvalue weighted by Crippen LogP contribution is 2.42. The van der Waals surface area contributed by atoms with Crippen LogP contribution in [-0.2, 0) is 14.2 Å². The van der Waals surface area contributed by atoms with Gasteiger partial charge in [-0.3, -0.25) is 4.79 Å². The fraction of sp³-hybridized carbons (Fsp3) is 0.444. The predicted octanol–water partition coefficient (Wildman–Crippen LogP) is -1.69. The summed E-state index contributed by atoms with van der Waals surface area (Å²) >= 11 is 0. The molecule has 2 saturated heterocycles. The summed E-state index contributed by atoms with van der Waals surface area (Å²) in [7, 11) is 0. The molecular formula is C27H30O16. The molecule has 1 aromatic heterocycles. The van der Waals surface area contributed by atoms with Gasteiger partial charge in [0.25, 0.3) is 0 Å². The van der Waals surface area contributed by atoms with Crippen molar-refractivity contribution < 1.29 is 74.4 Å². The predicted molar refractivity (Wildman–Crippen MR) is 140 cm³/mol. The monoisotopic (exact) mass is 610 g/mol. The Morgan fingerprint density at radius 1 is 0.767 bits per heavy atom. The quantitative estimate of drug-likeness (QED) is 0.140. The Morgan fingerprint density at radius 3 is 2.07 bits per heavy atom. The number of rotatable bonds is 6. The van der Waals surface area contributed by atoms with Crippen LogP contribution in [0.5, 0.6) is 28.7 Å². The van der Waals surface area contributed by atoms with E-state index in [1.54, 1.807) is 0 Å². The zero-order chi connectivity index (χ0) is 31.3. The van der Waals surface area contributed by atoms with Gasteiger partial charge in [-0.25, -0.2) is 0 Å². The van der Waals surface area contributed by atoms with Crippen LogP contribution in [0.25, 0.3) is 22.3 Å². The van der Waals surface area contributed by atoms with Gasteiger partial charge in [0.05, 0.1) is 18.1 Å². The van der Waals surface area contributed by atoms with Crippen molar-refractivity contribution in [3.63, 3.8) is 0 Å². The van der Waals surface area contributed by atoms with E-state index in [0.717, 1.165) is 18.2 Å². The summed E-state index contributed by atoms with van der Waals surface area (Å²) in [5.41, 5.74) is -1.19. The molecule has 43 heavy (non-hydrogen) atoms. The number of hydrogen-bond donors (Lipinski definition) is 10. The number of phenols is 4. The van der Waals surface area contributed by atoms with E-state index in [2.05, 4.69) is 0 Å². The lowest BCUT2D eigenvalue weighted by Crippen LogP contribution is -2.61. The van der Waals surface area contributed by atoms with Crippen LogP contribution in [-0.4, -0.2) is 119 Å². The second-order valence-corrected chi connectivity index (χ2v) is 10.3. The summed E-state index contributed by atoms with van der Waals surface area (Å²) in [5, 5.41) is 101. The average molecular weight is 611 g/mol. The van der Waals surface area contributed by atoms with Gasteiger partial charge >= 0.3 is 0 Å². The highest BCUT2D eigenvalue weighted by atomic mass is 16.7. The minimum absolute atomic E-state index is 0.104. The summed E-state index contributed by atoms with van der Waals surface area (Å²) in [4.78, 5) is 13.5. The van der Waals surface area contributed by atoms with Crippen molar-refractivity contribution in [1.29, 1.82) is 0 Å². The lowest BCUT2D eigenvalue weighted by Gasteiger charge is -2.42. The molecule has 0 aliphatic carbocycles. The molecule has 10 atom stereocenters. The molecule has 2 fully saturated rings. The molecule has 0 amide bonds. The molecule has 3 heterocycles. The highest BCUT2D eigenvalue weighted by Gasteiger charge is 2.47. The maximum Gasteiger partial charge on any atom is 0.235 e. The Bertz CT molecular complexity index is 1520. The van der Waals surface area contributed by atoms with E-state index < -0.39 is 102 Å². The molecule has 0 bridgehead atoms. The number of ether oxygens (including phenoxy) is 4. The van der Waals surface area contributed by atoms with E-state index >= 15 is 0 Å². The van der Waals surface area contributed by atoms with Crippen LogP contribution in [0.4, 0.5) is 0 Å². The van der Waals surface area contributed by atoms with Gasteiger partial charge in [-0.15, -0.1) is 0 Å². The normalized spacial score (nSPS) is 33.0. The minimum Gasteiger partial charge on any atom is -0.508 e. The molecule has 2 aliphatic heterocycles. The fourth-order valence-electron chi connectivity index (χ4n) is 4.81. The van der Waals surface area contributed by atoms with E-state index in [4.69, 9.17) is 23.4 Å². The van der Waals surface area contributed by atoms with Crippen LogP contribution in [0.15, 0.2) is 39.5 Å². The van der Waals surface area contributed by atoms with Crippen molar-refractivity contribution in [1.82, 2.24) is 0 Å². The van der Waals surface area contributed by atoms with Crippen LogP contribution in [0, 0.1) is 0 Å². The number of aliphatic hydroxyl groups excluding tert-OH is 6. The molecule has 0 spiro atoms. The van der Waals surface area contributed by atoms with Gasteiger partial charge in [-0.1, -0.05) is 0 Å². The first-order valence-electron chi connectivity index (χ1n) is 13.0. The molecular weight excluding hydrogens is 580 g/mol. The molecule has 2 aliphatic rings. The SMILES string of the molecule is CC1O[C@@H](OCC2O[C@@H](Oc3c(-c4cc(O)c(O)c(O)c4)oc4cc(O)ccc4c3=O)C(O)[C@@H](O)[C@@H]2O)[C@@H](O)C(O)[C@H]1O. The summed E-state index contributed by atoms with van der Waals surface area (Å²) in [6.45, 7) is 0.827. The molecule has 2 aromatic carbocycles. The summed E-state index contributed by atoms with van der Waals surface area (Å²) in [6.07, 6.45) is -16.1. The van der Waals surface area contributed by atoms with E-state index in [1.165, 1.54) is 19.1 Å². The Balaban J connectivity index is 1.47. The third kappa shape index (κ3) is 5.67. The molecule has 16 nitrogen and oxygen atoms in total.